The van der Waals surface area contributed by atoms with Crippen LogP contribution in [0.3, 0.4) is 0 Å². The molecule has 0 amide bonds. The quantitative estimate of drug-likeness (QED) is 0.329. The summed E-state index contributed by atoms with van der Waals surface area (Å²) < 4.78 is 10.3. The molecule has 1 aliphatic heterocycles. The fraction of sp³-hybridized carbons (Fsp3) is 0.650. The SMILES string of the molecule is CCC(O)(c1cccc(OC(O)C(O)C2OC(C(=O)O)C2O)c1)C(C)CN(C)C. The second-order valence-corrected chi connectivity index (χ2v) is 7.82. The van der Waals surface area contributed by atoms with E-state index in [9.17, 15) is 25.2 Å². The Morgan fingerprint density at radius 3 is 2.52 bits per heavy atom. The fourth-order valence-electron chi connectivity index (χ4n) is 3.65. The van der Waals surface area contributed by atoms with Crippen LogP contribution in [0.25, 0.3) is 0 Å². The van der Waals surface area contributed by atoms with Gasteiger partial charge in [0.25, 0.3) is 0 Å². The van der Waals surface area contributed by atoms with Crippen LogP contribution in [0.2, 0.25) is 0 Å². The van der Waals surface area contributed by atoms with Gasteiger partial charge in [-0.3, -0.25) is 0 Å². The molecular weight excluding hydrogens is 382 g/mol. The molecule has 7 unspecified atom stereocenters. The van der Waals surface area contributed by atoms with Crippen LogP contribution < -0.4 is 4.74 Å². The fourth-order valence-corrected chi connectivity index (χ4v) is 3.65. The van der Waals surface area contributed by atoms with E-state index in [1.807, 2.05) is 32.8 Å². The predicted molar refractivity (Wildman–Crippen MR) is 103 cm³/mol. The number of rotatable bonds is 10. The van der Waals surface area contributed by atoms with Crippen molar-refractivity contribution in [2.45, 2.75) is 56.6 Å². The first-order valence-electron chi connectivity index (χ1n) is 9.58. The Hall–Kier alpha value is -1.75. The molecule has 164 valence electrons. The van der Waals surface area contributed by atoms with Crippen molar-refractivity contribution in [3.63, 3.8) is 0 Å². The van der Waals surface area contributed by atoms with Gasteiger partial charge in [-0.05, 0) is 38.2 Å². The molecule has 9 heteroatoms. The van der Waals surface area contributed by atoms with Gasteiger partial charge in [0.1, 0.15) is 24.1 Å². The highest BCUT2D eigenvalue weighted by Gasteiger charge is 2.51. The first kappa shape index (κ1) is 23.5. The third-order valence-electron chi connectivity index (χ3n) is 5.41. The molecule has 1 heterocycles. The van der Waals surface area contributed by atoms with Gasteiger partial charge in [-0.25, -0.2) is 4.79 Å². The predicted octanol–water partition coefficient (Wildman–Crippen LogP) is -0.247. The summed E-state index contributed by atoms with van der Waals surface area (Å²) in [5.41, 5.74) is -0.505. The molecule has 9 nitrogen and oxygen atoms in total. The number of aliphatic hydroxyl groups excluding tert-OH is 3. The van der Waals surface area contributed by atoms with Gasteiger partial charge in [-0.1, -0.05) is 26.0 Å². The largest absolute Gasteiger partial charge is 0.479 e. The zero-order valence-corrected chi connectivity index (χ0v) is 17.1. The molecule has 7 atom stereocenters. The van der Waals surface area contributed by atoms with Crippen LogP contribution in [-0.2, 0) is 15.1 Å². The van der Waals surface area contributed by atoms with Gasteiger partial charge >= 0.3 is 5.97 Å². The van der Waals surface area contributed by atoms with Gasteiger partial charge in [0, 0.05) is 12.5 Å². The van der Waals surface area contributed by atoms with Gasteiger partial charge in [0.15, 0.2) is 6.10 Å². The maximum Gasteiger partial charge on any atom is 0.335 e. The molecule has 1 fully saturated rings. The third-order valence-corrected chi connectivity index (χ3v) is 5.41. The van der Waals surface area contributed by atoms with Gasteiger partial charge < -0.3 is 39.9 Å². The summed E-state index contributed by atoms with van der Waals surface area (Å²) in [5, 5.41) is 50.1. The number of carbonyl (C=O) groups is 1. The van der Waals surface area contributed by atoms with Crippen molar-refractivity contribution < 1.29 is 39.8 Å². The van der Waals surface area contributed by atoms with Crippen LogP contribution in [0.4, 0.5) is 0 Å². The number of aliphatic hydroxyl groups is 4. The third kappa shape index (κ3) is 5.06. The second-order valence-electron chi connectivity index (χ2n) is 7.82. The van der Waals surface area contributed by atoms with Crippen LogP contribution in [0, 0.1) is 5.92 Å². The van der Waals surface area contributed by atoms with Crippen molar-refractivity contribution in [1.29, 1.82) is 0 Å². The number of benzene rings is 1. The van der Waals surface area contributed by atoms with E-state index in [-0.39, 0.29) is 11.7 Å². The molecule has 2 rings (SSSR count). The zero-order valence-electron chi connectivity index (χ0n) is 17.1. The van der Waals surface area contributed by atoms with Crippen LogP contribution in [0.15, 0.2) is 24.3 Å². The molecular formula is C20H31NO8. The molecule has 5 N–H and O–H groups in total. The van der Waals surface area contributed by atoms with Crippen molar-refractivity contribution in [2.75, 3.05) is 20.6 Å². The minimum Gasteiger partial charge on any atom is -0.479 e. The Morgan fingerprint density at radius 2 is 2.00 bits per heavy atom. The van der Waals surface area contributed by atoms with Crippen molar-refractivity contribution >= 4 is 5.97 Å². The first-order valence-corrected chi connectivity index (χ1v) is 9.58. The number of hydrogen-bond donors (Lipinski definition) is 5. The Balaban J connectivity index is 2.10. The Kier molecular flexibility index (Phi) is 7.61. The lowest BCUT2D eigenvalue weighted by molar-refractivity contribution is -0.277. The van der Waals surface area contributed by atoms with Crippen LogP contribution >= 0.6 is 0 Å². The van der Waals surface area contributed by atoms with E-state index in [0.29, 0.717) is 18.5 Å². The summed E-state index contributed by atoms with van der Waals surface area (Å²) in [7, 11) is 3.85. The Morgan fingerprint density at radius 1 is 1.34 bits per heavy atom. The molecule has 0 radical (unpaired) electrons. The van der Waals surface area contributed by atoms with Crippen molar-refractivity contribution in [1.82, 2.24) is 4.90 Å². The molecule has 0 spiro atoms. The van der Waals surface area contributed by atoms with E-state index < -0.39 is 42.3 Å². The van der Waals surface area contributed by atoms with E-state index >= 15 is 0 Å². The molecule has 1 aromatic carbocycles. The molecule has 0 saturated carbocycles. The molecule has 1 aliphatic rings. The highest BCUT2D eigenvalue weighted by atomic mass is 16.6. The summed E-state index contributed by atoms with van der Waals surface area (Å²) in [6.07, 6.45) is -7.11. The standard InChI is InChI=1S/C20H31NO8/c1-5-20(27,11(2)10-21(3)4)12-7-6-8-13(9-12)28-19(26)15(23)16-14(22)17(29-16)18(24)25/h6-9,11,14-17,19,22-23,26-27H,5,10H2,1-4H3,(H,24,25). The Bertz CT molecular complexity index is 699. The number of ether oxygens (including phenoxy) is 2. The maximum atomic E-state index is 11.2. The van der Waals surface area contributed by atoms with Crippen molar-refractivity contribution in [2.24, 2.45) is 5.92 Å². The molecule has 0 aromatic heterocycles. The first-order chi connectivity index (χ1) is 13.5. The Labute approximate surface area is 170 Å². The van der Waals surface area contributed by atoms with Gasteiger partial charge in [-0.2, -0.15) is 0 Å². The highest BCUT2D eigenvalue weighted by molar-refractivity contribution is 5.74. The summed E-state index contributed by atoms with van der Waals surface area (Å²) in [4.78, 5) is 12.8. The van der Waals surface area contributed by atoms with E-state index in [4.69, 9.17) is 14.6 Å². The number of carboxylic acids is 1. The monoisotopic (exact) mass is 413 g/mol. The number of hydrogen-bond acceptors (Lipinski definition) is 8. The zero-order chi connectivity index (χ0) is 21.9. The molecule has 0 aliphatic carbocycles. The highest BCUT2D eigenvalue weighted by Crippen LogP contribution is 2.35. The normalized spacial score (nSPS) is 26.9. The molecule has 1 aromatic rings. The van der Waals surface area contributed by atoms with Crippen LogP contribution in [0.5, 0.6) is 5.75 Å². The second kappa shape index (κ2) is 9.38. The number of nitrogens with zero attached hydrogens (tertiary/aromatic N) is 1. The maximum absolute atomic E-state index is 11.2. The minimum absolute atomic E-state index is 0.0836. The van der Waals surface area contributed by atoms with Crippen LogP contribution in [-0.4, -0.2) is 87.7 Å². The van der Waals surface area contributed by atoms with E-state index in [1.54, 1.807) is 24.3 Å². The average Bonchev–Trinajstić information content (AvgIpc) is 2.65. The minimum atomic E-state index is -1.76. The van der Waals surface area contributed by atoms with E-state index in [2.05, 4.69) is 0 Å². The molecule has 29 heavy (non-hydrogen) atoms. The summed E-state index contributed by atoms with van der Waals surface area (Å²) in [5.74, 6) is -1.23. The topological polar surface area (TPSA) is 140 Å². The smallest absolute Gasteiger partial charge is 0.335 e. The number of aliphatic carboxylic acids is 1. The van der Waals surface area contributed by atoms with Crippen molar-refractivity contribution in [3.8, 4) is 5.75 Å². The van der Waals surface area contributed by atoms with E-state index in [0.717, 1.165) is 0 Å². The van der Waals surface area contributed by atoms with E-state index in [1.165, 1.54) is 0 Å². The lowest BCUT2D eigenvalue weighted by atomic mass is 9.80. The molecule has 1 saturated heterocycles. The molecule has 0 bridgehead atoms. The lowest BCUT2D eigenvalue weighted by Crippen LogP contribution is -2.64. The van der Waals surface area contributed by atoms with Crippen molar-refractivity contribution in [3.05, 3.63) is 29.8 Å². The van der Waals surface area contributed by atoms with Gasteiger partial charge in [-0.15, -0.1) is 0 Å². The van der Waals surface area contributed by atoms with Gasteiger partial charge in [0.05, 0.1) is 5.60 Å². The average molecular weight is 413 g/mol. The number of carboxylic acid groups (broad SMARTS) is 1. The summed E-state index contributed by atoms with van der Waals surface area (Å²) in [6, 6.07) is 6.58. The van der Waals surface area contributed by atoms with Gasteiger partial charge in [0.2, 0.25) is 6.29 Å². The lowest BCUT2D eigenvalue weighted by Gasteiger charge is -2.42. The van der Waals surface area contributed by atoms with Crippen LogP contribution in [0.1, 0.15) is 25.8 Å². The summed E-state index contributed by atoms with van der Waals surface area (Å²) >= 11 is 0. The summed E-state index contributed by atoms with van der Waals surface area (Å²) in [6.45, 7) is 4.49.